The minimum Gasteiger partial charge on any atom is -0.346 e. The normalized spacial score (nSPS) is 12.4. The molecule has 24 heavy (non-hydrogen) atoms. The van der Waals surface area contributed by atoms with Crippen LogP contribution in [-0.2, 0) is 4.79 Å². The third kappa shape index (κ3) is 3.87. The molecule has 1 N–H and O–H groups in total. The van der Waals surface area contributed by atoms with E-state index in [4.69, 9.17) is 0 Å². The highest BCUT2D eigenvalue weighted by atomic mass is 19.1. The molecule has 0 aliphatic carbocycles. The average Bonchev–Trinajstić information content (AvgIpc) is 2.59. The summed E-state index contributed by atoms with van der Waals surface area (Å²) in [5, 5.41) is 5.24. The molecule has 0 saturated carbocycles. The van der Waals surface area contributed by atoms with Gasteiger partial charge in [0.05, 0.1) is 6.04 Å². The first kappa shape index (κ1) is 15.9. The van der Waals surface area contributed by atoms with Crippen molar-refractivity contribution in [1.29, 1.82) is 0 Å². The molecule has 0 heterocycles. The van der Waals surface area contributed by atoms with Gasteiger partial charge in [0.2, 0.25) is 5.91 Å². The Morgan fingerprint density at radius 1 is 1.00 bits per heavy atom. The van der Waals surface area contributed by atoms with Crippen molar-refractivity contribution >= 4 is 22.8 Å². The molecule has 0 spiro atoms. The standard InChI is InChI=1S/C21H18FNO/c1-15(18-11-10-17-6-2-3-7-19(17)14-18)23-21(24)12-9-16-5-4-8-20(22)13-16/h2-15H,1H3,(H,23,24)/b12-9+/t15-/m0/s1. The second kappa shape index (κ2) is 7.09. The molecule has 1 amide bonds. The van der Waals surface area contributed by atoms with Crippen LogP contribution in [0.3, 0.4) is 0 Å². The van der Waals surface area contributed by atoms with Crippen LogP contribution in [0.25, 0.3) is 16.8 Å². The van der Waals surface area contributed by atoms with Crippen LogP contribution in [0.2, 0.25) is 0 Å². The Balaban J connectivity index is 1.68. The highest BCUT2D eigenvalue weighted by molar-refractivity contribution is 5.92. The first-order valence-corrected chi connectivity index (χ1v) is 7.85. The van der Waals surface area contributed by atoms with Crippen molar-refractivity contribution in [2.75, 3.05) is 0 Å². The highest BCUT2D eigenvalue weighted by Gasteiger charge is 2.08. The zero-order valence-corrected chi connectivity index (χ0v) is 13.4. The van der Waals surface area contributed by atoms with Gasteiger partial charge in [0.1, 0.15) is 5.82 Å². The van der Waals surface area contributed by atoms with Gasteiger partial charge in [-0.3, -0.25) is 4.79 Å². The fraction of sp³-hybridized carbons (Fsp3) is 0.0952. The quantitative estimate of drug-likeness (QED) is 0.683. The van der Waals surface area contributed by atoms with Gasteiger partial charge in [-0.25, -0.2) is 4.39 Å². The largest absolute Gasteiger partial charge is 0.346 e. The number of fused-ring (bicyclic) bond motifs is 1. The summed E-state index contributed by atoms with van der Waals surface area (Å²) in [6.45, 7) is 1.94. The second-order valence-corrected chi connectivity index (χ2v) is 5.73. The molecule has 3 heteroatoms. The molecule has 3 aromatic carbocycles. The number of carbonyl (C=O) groups is 1. The number of nitrogens with one attached hydrogen (secondary N) is 1. The Bertz CT molecular complexity index is 901. The Labute approximate surface area is 140 Å². The van der Waals surface area contributed by atoms with E-state index in [2.05, 4.69) is 29.6 Å². The van der Waals surface area contributed by atoms with Crippen molar-refractivity contribution in [2.24, 2.45) is 0 Å². The van der Waals surface area contributed by atoms with Crippen molar-refractivity contribution in [3.8, 4) is 0 Å². The maximum atomic E-state index is 13.1. The molecule has 0 fully saturated rings. The molecule has 120 valence electrons. The molecule has 2 nitrogen and oxygen atoms in total. The lowest BCUT2D eigenvalue weighted by Crippen LogP contribution is -2.24. The number of amides is 1. The molecule has 0 bridgehead atoms. The van der Waals surface area contributed by atoms with E-state index in [-0.39, 0.29) is 17.8 Å². The van der Waals surface area contributed by atoms with Crippen LogP contribution in [0, 0.1) is 5.82 Å². The van der Waals surface area contributed by atoms with E-state index in [1.807, 2.05) is 25.1 Å². The van der Waals surface area contributed by atoms with Crippen LogP contribution in [0.1, 0.15) is 24.1 Å². The molecule has 1 atom stereocenters. The SMILES string of the molecule is C[C@H](NC(=O)/C=C/c1cccc(F)c1)c1ccc2ccccc2c1. The first-order chi connectivity index (χ1) is 11.6. The zero-order valence-electron chi connectivity index (χ0n) is 13.4. The van der Waals surface area contributed by atoms with E-state index < -0.39 is 0 Å². The lowest BCUT2D eigenvalue weighted by Gasteiger charge is -2.13. The van der Waals surface area contributed by atoms with Gasteiger partial charge in [-0.1, -0.05) is 48.5 Å². The van der Waals surface area contributed by atoms with Crippen molar-refractivity contribution < 1.29 is 9.18 Å². The van der Waals surface area contributed by atoms with Gasteiger partial charge < -0.3 is 5.32 Å². The first-order valence-electron chi connectivity index (χ1n) is 7.85. The summed E-state index contributed by atoms with van der Waals surface area (Å²) in [7, 11) is 0. The molecular weight excluding hydrogens is 301 g/mol. The van der Waals surface area contributed by atoms with Crippen LogP contribution in [-0.4, -0.2) is 5.91 Å². The summed E-state index contributed by atoms with van der Waals surface area (Å²) >= 11 is 0. The van der Waals surface area contributed by atoms with E-state index in [1.165, 1.54) is 23.6 Å². The van der Waals surface area contributed by atoms with Crippen LogP contribution in [0.4, 0.5) is 4.39 Å². The molecule has 0 aromatic heterocycles. The third-order valence-electron chi connectivity index (χ3n) is 3.91. The molecule has 0 unspecified atom stereocenters. The monoisotopic (exact) mass is 319 g/mol. The van der Waals surface area contributed by atoms with Crippen molar-refractivity contribution in [3.63, 3.8) is 0 Å². The van der Waals surface area contributed by atoms with Crippen LogP contribution >= 0.6 is 0 Å². The van der Waals surface area contributed by atoms with E-state index in [9.17, 15) is 9.18 Å². The Hall–Kier alpha value is -2.94. The smallest absolute Gasteiger partial charge is 0.244 e. The topological polar surface area (TPSA) is 29.1 Å². The highest BCUT2D eigenvalue weighted by Crippen LogP contribution is 2.20. The number of halogens is 1. The summed E-state index contributed by atoms with van der Waals surface area (Å²) < 4.78 is 13.1. The fourth-order valence-corrected chi connectivity index (χ4v) is 2.60. The number of hydrogen-bond acceptors (Lipinski definition) is 1. The predicted octanol–water partition coefficient (Wildman–Crippen LogP) is 4.87. The summed E-state index contributed by atoms with van der Waals surface area (Å²) in [4.78, 5) is 12.1. The van der Waals surface area contributed by atoms with E-state index >= 15 is 0 Å². The molecule has 0 saturated heterocycles. The number of benzene rings is 3. The lowest BCUT2D eigenvalue weighted by atomic mass is 10.0. The van der Waals surface area contributed by atoms with E-state index in [0.717, 1.165) is 10.9 Å². The van der Waals surface area contributed by atoms with Gasteiger partial charge in [-0.05, 0) is 53.1 Å². The van der Waals surface area contributed by atoms with Crippen LogP contribution in [0.5, 0.6) is 0 Å². The maximum absolute atomic E-state index is 13.1. The van der Waals surface area contributed by atoms with Crippen LogP contribution < -0.4 is 5.32 Å². The minimum atomic E-state index is -0.318. The summed E-state index contributed by atoms with van der Waals surface area (Å²) in [6.07, 6.45) is 3.03. The van der Waals surface area contributed by atoms with E-state index in [0.29, 0.717) is 5.56 Å². The minimum absolute atomic E-state index is 0.112. The fourth-order valence-electron chi connectivity index (χ4n) is 2.60. The summed E-state index contributed by atoms with van der Waals surface area (Å²) in [5.74, 6) is -0.526. The lowest BCUT2D eigenvalue weighted by molar-refractivity contribution is -0.117. The maximum Gasteiger partial charge on any atom is 0.244 e. The van der Waals surface area contributed by atoms with E-state index in [1.54, 1.807) is 18.2 Å². The summed E-state index contributed by atoms with van der Waals surface area (Å²) in [5.41, 5.74) is 1.70. The summed E-state index contributed by atoms with van der Waals surface area (Å²) in [6, 6.07) is 20.3. The van der Waals surface area contributed by atoms with Gasteiger partial charge >= 0.3 is 0 Å². The average molecular weight is 319 g/mol. The predicted molar refractivity (Wildman–Crippen MR) is 95.9 cm³/mol. The van der Waals surface area contributed by atoms with Gasteiger partial charge in [-0.2, -0.15) is 0 Å². The second-order valence-electron chi connectivity index (χ2n) is 5.73. The number of hydrogen-bond donors (Lipinski definition) is 1. The van der Waals surface area contributed by atoms with Crippen molar-refractivity contribution in [3.05, 3.63) is 89.8 Å². The third-order valence-corrected chi connectivity index (χ3v) is 3.91. The molecular formula is C21H18FNO. The Kier molecular flexibility index (Phi) is 4.71. The van der Waals surface area contributed by atoms with Crippen LogP contribution in [0.15, 0.2) is 72.8 Å². The molecule has 0 radical (unpaired) electrons. The Morgan fingerprint density at radius 3 is 2.58 bits per heavy atom. The number of rotatable bonds is 4. The number of carbonyl (C=O) groups excluding carboxylic acids is 1. The van der Waals surface area contributed by atoms with Gasteiger partial charge in [0.15, 0.2) is 0 Å². The molecule has 3 aromatic rings. The van der Waals surface area contributed by atoms with Gasteiger partial charge in [0.25, 0.3) is 0 Å². The van der Waals surface area contributed by atoms with Crippen molar-refractivity contribution in [2.45, 2.75) is 13.0 Å². The molecule has 0 aliphatic rings. The Morgan fingerprint density at radius 2 is 1.79 bits per heavy atom. The molecule has 0 aliphatic heterocycles. The van der Waals surface area contributed by atoms with Gasteiger partial charge in [0, 0.05) is 6.08 Å². The zero-order chi connectivity index (χ0) is 16.9. The van der Waals surface area contributed by atoms with Crippen molar-refractivity contribution in [1.82, 2.24) is 5.32 Å². The van der Waals surface area contributed by atoms with Gasteiger partial charge in [-0.15, -0.1) is 0 Å². The molecule has 3 rings (SSSR count).